The highest BCUT2D eigenvalue weighted by molar-refractivity contribution is 6.01. The first-order valence-corrected chi connectivity index (χ1v) is 8.87. The van der Waals surface area contributed by atoms with E-state index in [1.165, 1.54) is 0 Å². The summed E-state index contributed by atoms with van der Waals surface area (Å²) >= 11 is 0. The van der Waals surface area contributed by atoms with Crippen LogP contribution < -0.4 is 20.5 Å². The molecule has 3 atom stereocenters. The Morgan fingerprint density at radius 3 is 2.85 bits per heavy atom. The molecule has 3 N–H and O–H groups in total. The minimum Gasteiger partial charge on any atom is -0.493 e. The van der Waals surface area contributed by atoms with E-state index < -0.39 is 5.91 Å². The molecule has 2 amide bonds. The molecule has 1 aromatic carbocycles. The van der Waals surface area contributed by atoms with Crippen molar-refractivity contribution in [3.8, 4) is 11.6 Å². The summed E-state index contributed by atoms with van der Waals surface area (Å²) in [7, 11) is 0. The predicted octanol–water partition coefficient (Wildman–Crippen LogP) is 1.64. The second-order valence-corrected chi connectivity index (χ2v) is 6.76. The first-order valence-electron chi connectivity index (χ1n) is 8.87. The Labute approximate surface area is 150 Å². The first kappa shape index (κ1) is 16.6. The van der Waals surface area contributed by atoms with E-state index in [0.29, 0.717) is 36.3 Å². The first-order chi connectivity index (χ1) is 12.6. The van der Waals surface area contributed by atoms with Crippen molar-refractivity contribution in [1.82, 2.24) is 10.3 Å². The van der Waals surface area contributed by atoms with Gasteiger partial charge in [0.05, 0.1) is 18.2 Å². The van der Waals surface area contributed by atoms with Crippen LogP contribution in [0.5, 0.6) is 11.6 Å². The zero-order valence-corrected chi connectivity index (χ0v) is 14.5. The van der Waals surface area contributed by atoms with Gasteiger partial charge in [-0.05, 0) is 49.3 Å². The van der Waals surface area contributed by atoms with Crippen molar-refractivity contribution in [3.63, 3.8) is 0 Å². The quantitative estimate of drug-likeness (QED) is 0.820. The van der Waals surface area contributed by atoms with Crippen LogP contribution in [0.2, 0.25) is 0 Å². The smallest absolute Gasteiger partial charge is 0.252 e. The lowest BCUT2D eigenvalue weighted by atomic mass is 9.73. The molecule has 1 aliphatic carbocycles. The number of hydrogen-bond acceptors (Lipinski definition) is 5. The summed E-state index contributed by atoms with van der Waals surface area (Å²) in [6.07, 6.45) is 3.64. The molecule has 0 spiro atoms. The average Bonchev–Trinajstić information content (AvgIpc) is 2.79. The van der Waals surface area contributed by atoms with E-state index >= 15 is 0 Å². The maximum absolute atomic E-state index is 11.8. The van der Waals surface area contributed by atoms with Gasteiger partial charge in [0.15, 0.2) is 0 Å². The van der Waals surface area contributed by atoms with Gasteiger partial charge in [0, 0.05) is 17.5 Å². The molecule has 1 aromatic heterocycles. The number of ether oxygens (including phenoxy) is 2. The molecule has 26 heavy (non-hydrogen) atoms. The van der Waals surface area contributed by atoms with Gasteiger partial charge in [0.25, 0.3) is 5.91 Å². The number of nitrogens with one attached hydrogen (secondary N) is 1. The molecule has 0 unspecified atom stereocenters. The van der Waals surface area contributed by atoms with E-state index in [2.05, 4.69) is 10.3 Å². The van der Waals surface area contributed by atoms with E-state index in [0.717, 1.165) is 23.6 Å². The zero-order chi connectivity index (χ0) is 18.3. The average molecular weight is 355 g/mol. The van der Waals surface area contributed by atoms with Gasteiger partial charge >= 0.3 is 0 Å². The number of amides is 2. The number of rotatable bonds is 6. The third-order valence-corrected chi connectivity index (χ3v) is 5.30. The molecule has 2 aliphatic rings. The van der Waals surface area contributed by atoms with E-state index in [-0.39, 0.29) is 17.9 Å². The Kier molecular flexibility index (Phi) is 4.14. The monoisotopic (exact) mass is 355 g/mol. The third kappa shape index (κ3) is 2.73. The lowest BCUT2D eigenvalue weighted by molar-refractivity contribution is -0.124. The van der Waals surface area contributed by atoms with Crippen molar-refractivity contribution in [3.05, 3.63) is 30.0 Å². The third-order valence-electron chi connectivity index (χ3n) is 5.30. The summed E-state index contributed by atoms with van der Waals surface area (Å²) in [5, 5.41) is 4.55. The summed E-state index contributed by atoms with van der Waals surface area (Å²) in [6, 6.07) is 5.25. The van der Waals surface area contributed by atoms with E-state index in [4.69, 9.17) is 15.2 Å². The summed E-state index contributed by atoms with van der Waals surface area (Å²) in [4.78, 5) is 27.8. The lowest BCUT2D eigenvalue weighted by Crippen LogP contribution is -2.36. The number of benzene rings is 1. The summed E-state index contributed by atoms with van der Waals surface area (Å²) in [5.74, 6) is 0.963. The molecule has 1 aliphatic heterocycles. The maximum atomic E-state index is 11.8. The van der Waals surface area contributed by atoms with Gasteiger partial charge in [0.1, 0.15) is 12.4 Å². The largest absolute Gasteiger partial charge is 0.493 e. The van der Waals surface area contributed by atoms with Gasteiger partial charge in [0.2, 0.25) is 11.8 Å². The highest BCUT2D eigenvalue weighted by Gasteiger charge is 2.48. The van der Waals surface area contributed by atoms with Gasteiger partial charge in [-0.25, -0.2) is 4.98 Å². The molecule has 2 fully saturated rings. The molecule has 2 heterocycles. The number of fused-ring (bicyclic) bond motifs is 2. The number of nitrogens with zero attached hydrogens (tertiary/aromatic N) is 1. The molecule has 4 rings (SSSR count). The van der Waals surface area contributed by atoms with Gasteiger partial charge in [-0.2, -0.15) is 0 Å². The van der Waals surface area contributed by atoms with Crippen LogP contribution in [-0.4, -0.2) is 36.1 Å². The predicted molar refractivity (Wildman–Crippen MR) is 95.1 cm³/mol. The minimum absolute atomic E-state index is 0.0227. The van der Waals surface area contributed by atoms with Gasteiger partial charge in [-0.1, -0.05) is 0 Å². The Balaban J connectivity index is 1.61. The highest BCUT2D eigenvalue weighted by Crippen LogP contribution is 2.41. The fourth-order valence-electron chi connectivity index (χ4n) is 3.82. The van der Waals surface area contributed by atoms with Crippen LogP contribution >= 0.6 is 0 Å². The zero-order valence-electron chi connectivity index (χ0n) is 14.5. The van der Waals surface area contributed by atoms with Crippen LogP contribution in [0.25, 0.3) is 10.8 Å². The van der Waals surface area contributed by atoms with Gasteiger partial charge < -0.3 is 20.5 Å². The summed E-state index contributed by atoms with van der Waals surface area (Å²) < 4.78 is 11.5. The maximum Gasteiger partial charge on any atom is 0.252 e. The van der Waals surface area contributed by atoms with Crippen molar-refractivity contribution in [2.45, 2.75) is 25.8 Å². The fourth-order valence-corrected chi connectivity index (χ4v) is 3.82. The van der Waals surface area contributed by atoms with E-state index in [9.17, 15) is 9.59 Å². The highest BCUT2D eigenvalue weighted by atomic mass is 16.5. The summed E-state index contributed by atoms with van der Waals surface area (Å²) in [6.45, 7) is 2.63. The van der Waals surface area contributed by atoms with E-state index in [1.54, 1.807) is 24.4 Å². The van der Waals surface area contributed by atoms with Crippen LogP contribution in [0.3, 0.4) is 0 Å². The van der Waals surface area contributed by atoms with Crippen molar-refractivity contribution >= 4 is 22.6 Å². The number of aromatic nitrogens is 1. The minimum atomic E-state index is -0.542. The second kappa shape index (κ2) is 6.48. The van der Waals surface area contributed by atoms with Crippen LogP contribution in [0, 0.1) is 11.8 Å². The molecule has 2 aromatic rings. The molecule has 0 bridgehead atoms. The fraction of sp³-hybridized carbons (Fsp3) is 0.421. The molecular weight excluding hydrogens is 334 g/mol. The Morgan fingerprint density at radius 1 is 1.35 bits per heavy atom. The summed E-state index contributed by atoms with van der Waals surface area (Å²) in [5.41, 5.74) is 5.79. The van der Waals surface area contributed by atoms with Crippen molar-refractivity contribution in [2.75, 3.05) is 13.2 Å². The molecular formula is C19H21N3O4. The van der Waals surface area contributed by atoms with Gasteiger partial charge in [-0.15, -0.1) is 0 Å². The van der Waals surface area contributed by atoms with Crippen molar-refractivity contribution in [1.29, 1.82) is 0 Å². The normalized spacial score (nSPS) is 23.9. The molecule has 0 radical (unpaired) electrons. The van der Waals surface area contributed by atoms with Crippen molar-refractivity contribution in [2.24, 2.45) is 17.6 Å². The number of carbonyl (C=O) groups excluding carboxylic acids is 2. The van der Waals surface area contributed by atoms with Crippen LogP contribution in [-0.2, 0) is 4.79 Å². The van der Waals surface area contributed by atoms with Crippen LogP contribution in [0.15, 0.2) is 24.4 Å². The molecule has 7 heteroatoms. The topological polar surface area (TPSA) is 104 Å². The number of carbonyl (C=O) groups is 2. The standard InChI is InChI=1S/C19H21N3O4/c1-2-25-16-8-13-10(7-14(16)17(20)23)5-6-21-19(13)26-9-15-11-3-4-12(11)18(24)22-15/h5-8,11-12,15H,2-4,9H2,1H3,(H2,20,23)(H,22,24)/t11-,12+,15+/m0/s1. The van der Waals surface area contributed by atoms with Crippen LogP contribution in [0.4, 0.5) is 0 Å². The number of pyridine rings is 1. The Hall–Kier alpha value is -2.83. The van der Waals surface area contributed by atoms with Gasteiger partial charge in [-0.3, -0.25) is 9.59 Å². The molecule has 1 saturated carbocycles. The number of nitrogens with two attached hydrogens (primary N) is 1. The molecule has 136 valence electrons. The Bertz CT molecular complexity index is 882. The van der Waals surface area contributed by atoms with E-state index in [1.807, 2.05) is 6.92 Å². The molecule has 7 nitrogen and oxygen atoms in total. The number of primary amides is 1. The van der Waals surface area contributed by atoms with Crippen LogP contribution in [0.1, 0.15) is 30.1 Å². The molecule has 1 saturated heterocycles. The Morgan fingerprint density at radius 2 is 2.19 bits per heavy atom. The lowest BCUT2D eigenvalue weighted by Gasteiger charge is -2.30. The second-order valence-electron chi connectivity index (χ2n) is 6.76. The SMILES string of the molecule is CCOc1cc2c(OC[C@H]3NC(=O)[C@@H]4CC[C@H]34)nccc2cc1C(N)=O. The number of hydrogen-bond donors (Lipinski definition) is 2. The van der Waals surface area contributed by atoms with Crippen molar-refractivity contribution < 1.29 is 19.1 Å².